The molecule has 6 nitrogen and oxygen atoms in total. The summed E-state index contributed by atoms with van der Waals surface area (Å²) in [7, 11) is -10.5. The van der Waals surface area contributed by atoms with Crippen LogP contribution in [0, 0.1) is 0 Å². The molecule has 0 fully saturated rings. The third kappa shape index (κ3) is 3.54. The van der Waals surface area contributed by atoms with E-state index in [4.69, 9.17) is 0 Å². The molecule has 2 aromatic carbocycles. The molecule has 0 aliphatic carbocycles. The zero-order valence-electron chi connectivity index (χ0n) is 9.49. The van der Waals surface area contributed by atoms with E-state index in [0.29, 0.717) is 0 Å². The maximum absolute atomic E-state index is 12.5. The molecule has 0 spiro atoms. The smallest absolute Gasteiger partial charge is 0.358 e. The molecule has 108 valence electrons. The van der Waals surface area contributed by atoms with Gasteiger partial charge in [0, 0.05) is 10.8 Å². The van der Waals surface area contributed by atoms with Gasteiger partial charge in [0.05, 0.1) is 0 Å². The molecule has 0 radical (unpaired) electrons. The van der Waals surface area contributed by atoms with Crippen LogP contribution in [0.2, 0.25) is 0 Å². The first-order valence-corrected chi connectivity index (χ1v) is 7.57. The summed E-state index contributed by atoms with van der Waals surface area (Å²) in [5, 5.41) is 0.0738. The lowest BCUT2D eigenvalue weighted by Crippen LogP contribution is -2.03. The minimum absolute atomic E-state index is 0.0369. The molecule has 0 aliphatic heterocycles. The van der Waals surface area contributed by atoms with E-state index in [2.05, 4.69) is 8.37 Å². The molecule has 10 heteroatoms. The second-order valence-electron chi connectivity index (χ2n) is 3.56. The van der Waals surface area contributed by atoms with Crippen molar-refractivity contribution in [3.8, 4) is 11.5 Å². The Kier molecular flexibility index (Phi) is 3.52. The Balaban J connectivity index is 2.63. The van der Waals surface area contributed by atoms with Crippen LogP contribution in [0.4, 0.5) is 7.77 Å². The molecule has 20 heavy (non-hydrogen) atoms. The molecule has 0 saturated heterocycles. The predicted molar refractivity (Wildman–Crippen MR) is 65.3 cm³/mol. The molecule has 0 aliphatic rings. The fourth-order valence-electron chi connectivity index (χ4n) is 1.61. The highest BCUT2D eigenvalue weighted by molar-refractivity contribution is 7.82. The Morgan fingerprint density at radius 1 is 0.700 bits per heavy atom. The van der Waals surface area contributed by atoms with Crippen molar-refractivity contribution in [1.82, 2.24) is 0 Å². The Morgan fingerprint density at radius 2 is 1.05 bits per heavy atom. The second-order valence-corrected chi connectivity index (χ2v) is 5.47. The van der Waals surface area contributed by atoms with Gasteiger partial charge in [0.15, 0.2) is 11.5 Å². The van der Waals surface area contributed by atoms with E-state index in [1.165, 1.54) is 24.3 Å². The molecule has 0 N–H and O–H groups in total. The topological polar surface area (TPSA) is 86.7 Å². The standard InChI is InChI=1S/C10H6F2O6S2/c11-19(13,14)17-9-5-1-3-7-8(9)4-2-6-10(7)18-20(12,15)16/h1-6H. The number of rotatable bonds is 4. The third-order valence-corrected chi connectivity index (χ3v) is 2.98. The van der Waals surface area contributed by atoms with Gasteiger partial charge in [0.2, 0.25) is 0 Å². The zero-order valence-corrected chi connectivity index (χ0v) is 11.1. The van der Waals surface area contributed by atoms with Gasteiger partial charge in [0.25, 0.3) is 0 Å². The van der Waals surface area contributed by atoms with Crippen LogP contribution in [0.15, 0.2) is 36.4 Å². The monoisotopic (exact) mass is 324 g/mol. The first-order valence-electron chi connectivity index (χ1n) is 4.95. The molecule has 2 rings (SSSR count). The summed E-state index contributed by atoms with van der Waals surface area (Å²) in [6, 6.07) is 7.47. The van der Waals surface area contributed by atoms with Crippen molar-refractivity contribution in [2.75, 3.05) is 0 Å². The van der Waals surface area contributed by atoms with Crippen molar-refractivity contribution in [2.45, 2.75) is 0 Å². The van der Waals surface area contributed by atoms with Gasteiger partial charge in [-0.25, -0.2) is 0 Å². The third-order valence-electron chi connectivity index (χ3n) is 2.22. The number of hydrogen-bond acceptors (Lipinski definition) is 6. The second kappa shape index (κ2) is 4.87. The van der Waals surface area contributed by atoms with Crippen molar-refractivity contribution in [1.29, 1.82) is 0 Å². The van der Waals surface area contributed by atoms with E-state index in [-0.39, 0.29) is 22.3 Å². The first-order chi connectivity index (χ1) is 9.16. The Bertz CT molecular complexity index is 787. The van der Waals surface area contributed by atoms with Crippen LogP contribution in [-0.4, -0.2) is 16.8 Å². The molecule has 0 saturated carbocycles. The van der Waals surface area contributed by atoms with Crippen LogP contribution in [0.1, 0.15) is 0 Å². The zero-order chi connectivity index (χ0) is 15.0. The molecule has 0 amide bonds. The van der Waals surface area contributed by atoms with Crippen molar-refractivity contribution in [2.24, 2.45) is 0 Å². The number of fused-ring (bicyclic) bond motifs is 1. The summed E-state index contributed by atoms with van der Waals surface area (Å²) in [5.74, 6) is -0.765. The molecule has 0 heterocycles. The highest BCUT2D eigenvalue weighted by atomic mass is 32.3. The van der Waals surface area contributed by atoms with Crippen LogP contribution in [0.3, 0.4) is 0 Å². The molecular weight excluding hydrogens is 318 g/mol. The summed E-state index contributed by atoms with van der Waals surface area (Å²) in [5.41, 5.74) is 0. The van der Waals surface area contributed by atoms with Gasteiger partial charge in [-0.05, 0) is 12.1 Å². The van der Waals surface area contributed by atoms with E-state index in [0.717, 1.165) is 12.1 Å². The van der Waals surface area contributed by atoms with Crippen molar-refractivity contribution in [3.05, 3.63) is 36.4 Å². The van der Waals surface area contributed by atoms with E-state index >= 15 is 0 Å². The van der Waals surface area contributed by atoms with E-state index in [1.54, 1.807) is 0 Å². The van der Waals surface area contributed by atoms with Crippen LogP contribution in [0.25, 0.3) is 10.8 Å². The maximum Gasteiger partial charge on any atom is 0.488 e. The average molecular weight is 324 g/mol. The van der Waals surface area contributed by atoms with Crippen LogP contribution in [0.5, 0.6) is 11.5 Å². The number of hydrogen-bond donors (Lipinski definition) is 0. The molecule has 2 aromatic rings. The van der Waals surface area contributed by atoms with Gasteiger partial charge in [0.1, 0.15) is 0 Å². The Hall–Kier alpha value is -1.94. The normalized spacial score (nSPS) is 12.3. The fourth-order valence-corrected chi connectivity index (χ4v) is 2.33. The van der Waals surface area contributed by atoms with Crippen LogP contribution >= 0.6 is 0 Å². The quantitative estimate of drug-likeness (QED) is 0.800. The lowest BCUT2D eigenvalue weighted by atomic mass is 10.1. The highest BCUT2D eigenvalue weighted by Crippen LogP contribution is 2.33. The van der Waals surface area contributed by atoms with E-state index < -0.39 is 21.0 Å². The van der Waals surface area contributed by atoms with Crippen LogP contribution in [-0.2, 0) is 21.0 Å². The predicted octanol–water partition coefficient (Wildman–Crippen LogP) is 2.03. The summed E-state index contributed by atoms with van der Waals surface area (Å²) in [6.07, 6.45) is 0. The SMILES string of the molecule is O=S(=O)(F)Oc1cccc2c(OS(=O)(=O)F)cccc12. The lowest BCUT2D eigenvalue weighted by molar-refractivity contribution is 0.438. The van der Waals surface area contributed by atoms with Gasteiger partial charge in [-0.15, -0.1) is 0 Å². The number of benzene rings is 2. The largest absolute Gasteiger partial charge is 0.488 e. The van der Waals surface area contributed by atoms with Crippen LogP contribution < -0.4 is 8.37 Å². The van der Waals surface area contributed by atoms with E-state index in [1.807, 2.05) is 0 Å². The van der Waals surface area contributed by atoms with Gasteiger partial charge in [-0.1, -0.05) is 32.0 Å². The number of halogens is 2. The minimum Gasteiger partial charge on any atom is -0.358 e. The summed E-state index contributed by atoms with van der Waals surface area (Å²) >= 11 is 0. The van der Waals surface area contributed by atoms with Crippen molar-refractivity contribution < 1.29 is 33.0 Å². The van der Waals surface area contributed by atoms with Gasteiger partial charge in [-0.3, -0.25) is 0 Å². The fraction of sp³-hybridized carbons (Fsp3) is 0. The molecule has 0 bridgehead atoms. The Labute approximate surface area is 113 Å². The van der Waals surface area contributed by atoms with Gasteiger partial charge in [-0.2, -0.15) is 16.8 Å². The molecular formula is C10H6F2O6S2. The van der Waals surface area contributed by atoms with Gasteiger partial charge < -0.3 is 8.37 Å². The average Bonchev–Trinajstić information content (AvgIpc) is 2.26. The first kappa shape index (κ1) is 14.5. The summed E-state index contributed by atoms with van der Waals surface area (Å²) < 4.78 is 75.2. The van der Waals surface area contributed by atoms with Crippen molar-refractivity contribution >= 4 is 31.8 Å². The van der Waals surface area contributed by atoms with Gasteiger partial charge >= 0.3 is 21.0 Å². The Morgan fingerprint density at radius 3 is 1.35 bits per heavy atom. The molecule has 0 aromatic heterocycles. The van der Waals surface area contributed by atoms with E-state index in [9.17, 15) is 24.6 Å². The molecule has 0 atom stereocenters. The van der Waals surface area contributed by atoms with Crippen molar-refractivity contribution in [3.63, 3.8) is 0 Å². The minimum atomic E-state index is -5.25. The highest BCUT2D eigenvalue weighted by Gasteiger charge is 2.16. The lowest BCUT2D eigenvalue weighted by Gasteiger charge is -2.08. The summed E-state index contributed by atoms with van der Waals surface area (Å²) in [4.78, 5) is 0. The molecule has 0 unspecified atom stereocenters. The summed E-state index contributed by atoms with van der Waals surface area (Å²) in [6.45, 7) is 0. The maximum atomic E-state index is 12.5.